The molecule has 0 radical (unpaired) electrons. The van der Waals surface area contributed by atoms with E-state index in [9.17, 15) is 9.59 Å². The Bertz CT molecular complexity index is 644. The molecule has 20 heavy (non-hydrogen) atoms. The minimum absolute atomic E-state index is 0.0138. The van der Waals surface area contributed by atoms with Crippen molar-refractivity contribution < 1.29 is 14.7 Å². The molecule has 1 fully saturated rings. The Balaban J connectivity index is 1.83. The fourth-order valence-electron chi connectivity index (χ4n) is 2.16. The van der Waals surface area contributed by atoms with E-state index < -0.39 is 17.4 Å². The fraction of sp³-hybridized carbons (Fsp3) is 0.400. The van der Waals surface area contributed by atoms with Crippen LogP contribution in [0.25, 0.3) is 0 Å². The number of carboxylic acids is 1. The molecule has 0 aliphatic heterocycles. The molecule has 0 atom stereocenters. The molecule has 0 bridgehead atoms. The summed E-state index contributed by atoms with van der Waals surface area (Å²) in [5.41, 5.74) is -0.703. The monoisotopic (exact) mass is 277 g/mol. The van der Waals surface area contributed by atoms with Gasteiger partial charge < -0.3 is 15.4 Å². The molecule has 1 aliphatic rings. The van der Waals surface area contributed by atoms with Crippen molar-refractivity contribution >= 4 is 11.9 Å². The van der Waals surface area contributed by atoms with Crippen LogP contribution in [0.5, 0.6) is 0 Å². The van der Waals surface area contributed by atoms with Crippen LogP contribution < -0.4 is 5.32 Å². The van der Waals surface area contributed by atoms with Crippen molar-refractivity contribution in [3.8, 4) is 0 Å². The third kappa shape index (κ3) is 1.90. The Morgan fingerprint density at radius 2 is 2.20 bits per heavy atom. The molecule has 1 amide bonds. The number of carbonyl (C=O) groups is 2. The van der Waals surface area contributed by atoms with Gasteiger partial charge in [-0.2, -0.15) is 5.21 Å². The van der Waals surface area contributed by atoms with Gasteiger partial charge in [-0.05, 0) is 24.5 Å². The lowest BCUT2D eigenvalue weighted by Gasteiger charge is -2.40. The van der Waals surface area contributed by atoms with Gasteiger partial charge in [0.25, 0.3) is 11.7 Å². The lowest BCUT2D eigenvalue weighted by atomic mass is 9.76. The first-order chi connectivity index (χ1) is 9.61. The Morgan fingerprint density at radius 3 is 2.70 bits per heavy atom. The summed E-state index contributed by atoms with van der Waals surface area (Å²) in [4.78, 5) is 29.6. The molecular formula is C10H11N7O3. The van der Waals surface area contributed by atoms with Gasteiger partial charge in [-0.3, -0.25) is 4.79 Å². The number of nitrogens with one attached hydrogen (secondary N) is 3. The van der Waals surface area contributed by atoms with Crippen LogP contribution in [-0.4, -0.2) is 47.6 Å². The molecule has 0 aromatic carbocycles. The third-order valence-electron chi connectivity index (χ3n) is 3.37. The van der Waals surface area contributed by atoms with Crippen molar-refractivity contribution in [1.29, 1.82) is 0 Å². The molecule has 10 heteroatoms. The van der Waals surface area contributed by atoms with E-state index in [-0.39, 0.29) is 11.5 Å². The van der Waals surface area contributed by atoms with Crippen LogP contribution in [0, 0.1) is 0 Å². The summed E-state index contributed by atoms with van der Waals surface area (Å²) in [6.07, 6.45) is 3.49. The zero-order valence-electron chi connectivity index (χ0n) is 10.3. The quantitative estimate of drug-likeness (QED) is 0.584. The molecule has 1 saturated carbocycles. The number of imidazole rings is 1. The Kier molecular flexibility index (Phi) is 2.70. The van der Waals surface area contributed by atoms with Crippen LogP contribution >= 0.6 is 0 Å². The lowest BCUT2D eigenvalue weighted by molar-refractivity contribution is 0.0690. The normalized spacial score (nSPS) is 16.4. The third-order valence-corrected chi connectivity index (χ3v) is 3.37. The molecule has 2 heterocycles. The average Bonchev–Trinajstić information content (AvgIpc) is 3.03. The number of aromatic carboxylic acids is 1. The maximum absolute atomic E-state index is 12.0. The van der Waals surface area contributed by atoms with E-state index in [1.807, 2.05) is 0 Å². The number of hydrogen-bond donors (Lipinski definition) is 4. The lowest BCUT2D eigenvalue weighted by Crippen LogP contribution is -2.51. The number of H-pyrrole nitrogens is 2. The number of aromatic amines is 2. The second kappa shape index (κ2) is 4.40. The molecule has 1 aliphatic carbocycles. The molecule has 10 nitrogen and oxygen atoms in total. The van der Waals surface area contributed by atoms with Crippen molar-refractivity contribution in [2.24, 2.45) is 0 Å². The minimum atomic E-state index is -1.09. The van der Waals surface area contributed by atoms with Crippen molar-refractivity contribution in [2.75, 3.05) is 0 Å². The van der Waals surface area contributed by atoms with Crippen LogP contribution in [0.15, 0.2) is 6.20 Å². The van der Waals surface area contributed by atoms with Gasteiger partial charge in [0.1, 0.15) is 11.5 Å². The summed E-state index contributed by atoms with van der Waals surface area (Å²) < 4.78 is 0. The molecule has 2 aromatic rings. The van der Waals surface area contributed by atoms with E-state index in [4.69, 9.17) is 5.11 Å². The van der Waals surface area contributed by atoms with E-state index in [0.29, 0.717) is 18.7 Å². The van der Waals surface area contributed by atoms with E-state index in [1.165, 1.54) is 6.20 Å². The average molecular weight is 277 g/mol. The molecule has 0 spiro atoms. The van der Waals surface area contributed by atoms with Gasteiger partial charge in [-0.15, -0.1) is 10.2 Å². The van der Waals surface area contributed by atoms with Gasteiger partial charge in [0, 0.05) is 0 Å². The van der Waals surface area contributed by atoms with E-state index >= 15 is 0 Å². The summed E-state index contributed by atoms with van der Waals surface area (Å²) in [6, 6.07) is 0. The van der Waals surface area contributed by atoms with Crippen LogP contribution in [-0.2, 0) is 5.54 Å². The van der Waals surface area contributed by atoms with Crippen molar-refractivity contribution in [1.82, 2.24) is 35.9 Å². The van der Waals surface area contributed by atoms with Crippen LogP contribution in [0.3, 0.4) is 0 Å². The first kappa shape index (κ1) is 12.3. The summed E-state index contributed by atoms with van der Waals surface area (Å²) in [5, 5.41) is 24.4. The zero-order chi connectivity index (χ0) is 14.2. The second-order valence-corrected chi connectivity index (χ2v) is 4.58. The number of amides is 1. The van der Waals surface area contributed by atoms with E-state index in [2.05, 4.69) is 35.9 Å². The maximum Gasteiger partial charge on any atom is 0.353 e. The summed E-state index contributed by atoms with van der Waals surface area (Å²) >= 11 is 0. The molecular weight excluding hydrogens is 266 g/mol. The van der Waals surface area contributed by atoms with Gasteiger partial charge in [-0.1, -0.05) is 0 Å². The standard InChI is InChI=1S/C10H11N7O3/c18-7(6-14-16-17-15-6)13-10(2-1-3-10)9-11-4-5(12-9)8(19)20/h4H,1-3H2,(H,11,12)(H,13,18)(H,19,20)(H,14,15,16,17). The summed E-state index contributed by atoms with van der Waals surface area (Å²) in [7, 11) is 0. The first-order valence-electron chi connectivity index (χ1n) is 5.95. The second-order valence-electron chi connectivity index (χ2n) is 4.58. The molecule has 0 saturated heterocycles. The van der Waals surface area contributed by atoms with Gasteiger partial charge in [0.2, 0.25) is 0 Å². The number of hydrogen-bond acceptors (Lipinski definition) is 6. The number of nitrogens with zero attached hydrogens (tertiary/aromatic N) is 4. The van der Waals surface area contributed by atoms with Gasteiger partial charge in [0.05, 0.1) is 11.7 Å². The van der Waals surface area contributed by atoms with Crippen molar-refractivity contribution in [2.45, 2.75) is 24.8 Å². The Hall–Kier alpha value is -2.78. The molecule has 104 valence electrons. The van der Waals surface area contributed by atoms with Crippen LogP contribution in [0.1, 0.15) is 46.2 Å². The largest absolute Gasteiger partial charge is 0.477 e. The highest BCUT2D eigenvalue weighted by atomic mass is 16.4. The predicted octanol–water partition coefficient (Wildman–Crippen LogP) is -0.570. The van der Waals surface area contributed by atoms with Crippen LogP contribution in [0.2, 0.25) is 0 Å². The van der Waals surface area contributed by atoms with Crippen molar-refractivity contribution in [3.63, 3.8) is 0 Å². The Morgan fingerprint density at radius 1 is 1.40 bits per heavy atom. The zero-order valence-corrected chi connectivity index (χ0v) is 10.3. The maximum atomic E-state index is 12.0. The Labute approximate surface area is 112 Å². The highest BCUT2D eigenvalue weighted by molar-refractivity contribution is 5.90. The SMILES string of the molecule is O=C(NC1(c2ncc(C(=O)O)[nH]2)CCC1)c1nn[nH]n1. The van der Waals surface area contributed by atoms with Gasteiger partial charge >= 0.3 is 5.97 Å². The highest BCUT2D eigenvalue weighted by Crippen LogP contribution is 2.39. The number of tetrazole rings is 1. The van der Waals surface area contributed by atoms with Crippen LogP contribution in [0.4, 0.5) is 0 Å². The molecule has 0 unspecified atom stereocenters. The summed E-state index contributed by atoms with van der Waals surface area (Å²) in [5.74, 6) is -1.21. The van der Waals surface area contributed by atoms with E-state index in [1.54, 1.807) is 0 Å². The molecule has 2 aromatic heterocycles. The number of rotatable bonds is 4. The minimum Gasteiger partial charge on any atom is -0.477 e. The predicted molar refractivity (Wildman–Crippen MR) is 62.7 cm³/mol. The number of aromatic nitrogens is 6. The number of carboxylic acid groups (broad SMARTS) is 1. The van der Waals surface area contributed by atoms with Gasteiger partial charge in [0.15, 0.2) is 0 Å². The first-order valence-corrected chi connectivity index (χ1v) is 5.95. The smallest absolute Gasteiger partial charge is 0.353 e. The number of carbonyl (C=O) groups excluding carboxylic acids is 1. The topological polar surface area (TPSA) is 150 Å². The highest BCUT2D eigenvalue weighted by Gasteiger charge is 2.43. The fourth-order valence-corrected chi connectivity index (χ4v) is 2.16. The van der Waals surface area contributed by atoms with E-state index in [0.717, 1.165) is 6.42 Å². The molecule has 4 N–H and O–H groups in total. The summed E-state index contributed by atoms with van der Waals surface area (Å²) in [6.45, 7) is 0. The molecule has 3 rings (SSSR count). The van der Waals surface area contributed by atoms with Gasteiger partial charge in [-0.25, -0.2) is 9.78 Å². The van der Waals surface area contributed by atoms with Crippen molar-refractivity contribution in [3.05, 3.63) is 23.5 Å².